The minimum atomic E-state index is -1.06. The first-order chi connectivity index (χ1) is 7.79. The SMILES string of the molecule is CC1(C)C(c2ccccc2)=[N+]([O-])C(C)(C)N1[O]. The maximum Gasteiger partial charge on any atom is 0.248 e. The summed E-state index contributed by atoms with van der Waals surface area (Å²) in [5.74, 6) is 0. The number of rotatable bonds is 1. The molecule has 0 saturated heterocycles. The second-order valence-electron chi connectivity index (χ2n) is 5.36. The molecule has 91 valence electrons. The molecule has 17 heavy (non-hydrogen) atoms. The van der Waals surface area contributed by atoms with Crippen LogP contribution in [-0.2, 0) is 5.21 Å². The monoisotopic (exact) mass is 233 g/mol. The van der Waals surface area contributed by atoms with Gasteiger partial charge in [0.2, 0.25) is 11.4 Å². The van der Waals surface area contributed by atoms with Crippen LogP contribution in [0.15, 0.2) is 30.3 Å². The topological polar surface area (TPSA) is 49.2 Å². The summed E-state index contributed by atoms with van der Waals surface area (Å²) in [5, 5.41) is 25.4. The molecule has 0 spiro atoms. The molecule has 1 aromatic rings. The maximum atomic E-state index is 12.3. The molecule has 0 bridgehead atoms. The fraction of sp³-hybridized carbons (Fsp3) is 0.462. The van der Waals surface area contributed by atoms with Crippen LogP contribution < -0.4 is 0 Å². The molecule has 4 heteroatoms. The van der Waals surface area contributed by atoms with Crippen molar-refractivity contribution in [2.45, 2.75) is 38.9 Å². The van der Waals surface area contributed by atoms with Gasteiger partial charge in [0.05, 0.1) is 0 Å². The average Bonchev–Trinajstić information content (AvgIpc) is 2.39. The summed E-state index contributed by atoms with van der Waals surface area (Å²) in [7, 11) is 0. The molecule has 1 heterocycles. The van der Waals surface area contributed by atoms with Crippen molar-refractivity contribution in [1.29, 1.82) is 0 Å². The Hall–Kier alpha value is -1.39. The molecule has 4 nitrogen and oxygen atoms in total. The van der Waals surface area contributed by atoms with E-state index in [4.69, 9.17) is 0 Å². The molecule has 1 radical (unpaired) electrons. The zero-order valence-corrected chi connectivity index (χ0v) is 10.6. The van der Waals surface area contributed by atoms with Gasteiger partial charge in [-0.25, -0.2) is 0 Å². The van der Waals surface area contributed by atoms with E-state index >= 15 is 0 Å². The van der Waals surface area contributed by atoms with E-state index in [-0.39, 0.29) is 0 Å². The largest absolute Gasteiger partial charge is 0.622 e. The first kappa shape index (κ1) is 12.1. The van der Waals surface area contributed by atoms with E-state index in [2.05, 4.69) is 0 Å². The molecule has 0 unspecified atom stereocenters. The Morgan fingerprint density at radius 3 is 2.06 bits per heavy atom. The van der Waals surface area contributed by atoms with Crippen molar-refractivity contribution < 1.29 is 9.95 Å². The van der Waals surface area contributed by atoms with Gasteiger partial charge in [-0.1, -0.05) is 23.3 Å². The van der Waals surface area contributed by atoms with Crippen LogP contribution in [0.1, 0.15) is 33.3 Å². The van der Waals surface area contributed by atoms with Gasteiger partial charge in [-0.2, -0.15) is 4.74 Å². The van der Waals surface area contributed by atoms with E-state index in [9.17, 15) is 10.4 Å². The van der Waals surface area contributed by atoms with E-state index in [1.54, 1.807) is 27.7 Å². The van der Waals surface area contributed by atoms with Crippen molar-refractivity contribution in [3.05, 3.63) is 41.1 Å². The number of benzene rings is 1. The highest BCUT2D eigenvalue weighted by Crippen LogP contribution is 2.34. The second kappa shape index (κ2) is 3.55. The Morgan fingerprint density at radius 1 is 1.12 bits per heavy atom. The third-order valence-electron chi connectivity index (χ3n) is 3.33. The van der Waals surface area contributed by atoms with Crippen LogP contribution in [0.4, 0.5) is 0 Å². The Balaban J connectivity index is 2.63. The molecule has 0 atom stereocenters. The smallest absolute Gasteiger partial charge is 0.248 e. The standard InChI is InChI=1S/C13H17N2O2/c1-12(2)11(10-8-6-5-7-9-10)14(16)13(3,4)15(12)17/h5-9H,1-4H3. The van der Waals surface area contributed by atoms with Crippen molar-refractivity contribution in [1.82, 2.24) is 5.06 Å². The van der Waals surface area contributed by atoms with Gasteiger partial charge in [0.1, 0.15) is 5.54 Å². The van der Waals surface area contributed by atoms with E-state index < -0.39 is 11.2 Å². The van der Waals surface area contributed by atoms with Crippen LogP contribution in [0.2, 0.25) is 0 Å². The van der Waals surface area contributed by atoms with Crippen LogP contribution in [0, 0.1) is 5.21 Å². The highest BCUT2D eigenvalue weighted by Gasteiger charge is 2.57. The van der Waals surface area contributed by atoms with Gasteiger partial charge in [0, 0.05) is 19.4 Å². The van der Waals surface area contributed by atoms with Crippen LogP contribution in [0.3, 0.4) is 0 Å². The molecule has 0 saturated carbocycles. The predicted octanol–water partition coefficient (Wildman–Crippen LogP) is 2.16. The zero-order valence-electron chi connectivity index (χ0n) is 10.6. The molecule has 0 aromatic heterocycles. The molecular weight excluding hydrogens is 216 g/mol. The lowest BCUT2D eigenvalue weighted by Crippen LogP contribution is -2.50. The highest BCUT2D eigenvalue weighted by atomic mass is 16.6. The summed E-state index contributed by atoms with van der Waals surface area (Å²) in [6.45, 7) is 6.85. The van der Waals surface area contributed by atoms with Gasteiger partial charge in [0.25, 0.3) is 0 Å². The molecule has 0 N–H and O–H groups in total. The van der Waals surface area contributed by atoms with Gasteiger partial charge in [-0.3, -0.25) is 0 Å². The van der Waals surface area contributed by atoms with Crippen molar-refractivity contribution >= 4 is 5.71 Å². The molecule has 0 fully saturated rings. The van der Waals surface area contributed by atoms with Gasteiger partial charge in [-0.15, -0.1) is 5.21 Å². The van der Waals surface area contributed by atoms with E-state index in [1.807, 2.05) is 30.3 Å². The molecule has 1 aliphatic rings. The number of nitrogens with zero attached hydrogens (tertiary/aromatic N) is 2. The molecule has 1 aliphatic heterocycles. The summed E-state index contributed by atoms with van der Waals surface area (Å²) in [4.78, 5) is 0. The lowest BCUT2D eigenvalue weighted by Gasteiger charge is -2.27. The lowest BCUT2D eigenvalue weighted by molar-refractivity contribution is -0.586. The lowest BCUT2D eigenvalue weighted by atomic mass is 9.93. The maximum absolute atomic E-state index is 12.3. The van der Waals surface area contributed by atoms with Gasteiger partial charge in [0.15, 0.2) is 0 Å². The third kappa shape index (κ3) is 1.56. The molecule has 0 amide bonds. The van der Waals surface area contributed by atoms with Crippen LogP contribution >= 0.6 is 0 Å². The second-order valence-corrected chi connectivity index (χ2v) is 5.36. The fourth-order valence-corrected chi connectivity index (χ4v) is 2.45. The highest BCUT2D eigenvalue weighted by molar-refractivity contribution is 6.04. The van der Waals surface area contributed by atoms with E-state index in [1.165, 1.54) is 0 Å². The van der Waals surface area contributed by atoms with Crippen LogP contribution in [-0.4, -0.2) is 26.7 Å². The summed E-state index contributed by atoms with van der Waals surface area (Å²) in [5.41, 5.74) is -0.543. The zero-order chi connectivity index (χ0) is 12.8. The molecule has 0 aliphatic carbocycles. The third-order valence-corrected chi connectivity index (χ3v) is 3.33. The fourth-order valence-electron chi connectivity index (χ4n) is 2.45. The van der Waals surface area contributed by atoms with Gasteiger partial charge in [-0.05, 0) is 26.0 Å². The summed E-state index contributed by atoms with van der Waals surface area (Å²) in [6, 6.07) is 9.34. The summed E-state index contributed by atoms with van der Waals surface area (Å²) >= 11 is 0. The summed E-state index contributed by atoms with van der Waals surface area (Å²) in [6.07, 6.45) is 0. The number of hydroxylamine groups is 3. The van der Waals surface area contributed by atoms with Crippen molar-refractivity contribution in [3.63, 3.8) is 0 Å². The van der Waals surface area contributed by atoms with E-state index in [0.717, 1.165) is 15.4 Å². The first-order valence-corrected chi connectivity index (χ1v) is 5.67. The normalized spacial score (nSPS) is 23.1. The van der Waals surface area contributed by atoms with Gasteiger partial charge >= 0.3 is 0 Å². The van der Waals surface area contributed by atoms with Crippen LogP contribution in [0.25, 0.3) is 0 Å². The molecule has 1 aromatic carbocycles. The number of hydrogen-bond acceptors (Lipinski definition) is 2. The Morgan fingerprint density at radius 2 is 1.65 bits per heavy atom. The minimum absolute atomic E-state index is 0.526. The Labute approximate surface area is 101 Å². The quantitative estimate of drug-likeness (QED) is 0.551. The Kier molecular flexibility index (Phi) is 2.52. The minimum Gasteiger partial charge on any atom is -0.622 e. The molecular formula is C13H17N2O2. The van der Waals surface area contributed by atoms with E-state index in [0.29, 0.717) is 5.71 Å². The number of hydrogen-bond donors (Lipinski definition) is 0. The van der Waals surface area contributed by atoms with Crippen molar-refractivity contribution in [2.75, 3.05) is 0 Å². The van der Waals surface area contributed by atoms with Crippen molar-refractivity contribution in [3.8, 4) is 0 Å². The first-order valence-electron chi connectivity index (χ1n) is 5.67. The Bertz CT molecular complexity index is 464. The average molecular weight is 233 g/mol. The predicted molar refractivity (Wildman–Crippen MR) is 64.9 cm³/mol. The summed E-state index contributed by atoms with van der Waals surface area (Å²) < 4.78 is 0.829. The van der Waals surface area contributed by atoms with Gasteiger partial charge < -0.3 is 5.21 Å². The van der Waals surface area contributed by atoms with Crippen molar-refractivity contribution in [2.24, 2.45) is 0 Å². The van der Waals surface area contributed by atoms with Crippen LogP contribution in [0.5, 0.6) is 0 Å². The molecule has 2 rings (SSSR count).